The first-order valence-electron chi connectivity index (χ1n) is 5.32. The Morgan fingerprint density at radius 1 is 1.33 bits per heavy atom. The fourth-order valence-electron chi connectivity index (χ4n) is 2.27. The molecule has 1 atom stereocenters. The van der Waals surface area contributed by atoms with Crippen LogP contribution >= 0.6 is 0 Å². The van der Waals surface area contributed by atoms with Crippen molar-refractivity contribution in [3.05, 3.63) is 29.8 Å². The van der Waals surface area contributed by atoms with Gasteiger partial charge in [0.1, 0.15) is 5.69 Å². The Labute approximate surface area is 89.5 Å². The molecule has 1 aliphatic heterocycles. The van der Waals surface area contributed by atoms with Gasteiger partial charge < -0.3 is 5.11 Å². The topological polar surface area (TPSA) is 37.3 Å². The molecule has 0 saturated carbocycles. The summed E-state index contributed by atoms with van der Waals surface area (Å²) in [6, 6.07) is 7.88. The summed E-state index contributed by atoms with van der Waals surface area (Å²) in [7, 11) is 1.78. The molecule has 2 rings (SSSR count). The zero-order chi connectivity index (χ0) is 10.9. The van der Waals surface area contributed by atoms with Crippen LogP contribution in [0.3, 0.4) is 0 Å². The average Bonchev–Trinajstić information content (AvgIpc) is 2.40. The molecule has 3 heteroatoms. The van der Waals surface area contributed by atoms with Gasteiger partial charge in [-0.1, -0.05) is 18.2 Å². The third kappa shape index (κ3) is 1.63. The van der Waals surface area contributed by atoms with Gasteiger partial charge in [-0.15, -0.1) is 0 Å². The lowest BCUT2D eigenvalue weighted by molar-refractivity contribution is 0.156. The number of carboxylic acid groups (broad SMARTS) is 1. The van der Waals surface area contributed by atoms with Crippen LogP contribution < -0.4 is 4.48 Å². The largest absolute Gasteiger partial charge is 0.518 e. The number of fused-ring (bicyclic) bond motifs is 1. The van der Waals surface area contributed by atoms with E-state index in [0.29, 0.717) is 6.54 Å². The lowest BCUT2D eigenvalue weighted by Crippen LogP contribution is -2.50. The molecule has 0 aliphatic carbocycles. The van der Waals surface area contributed by atoms with Gasteiger partial charge in [0.05, 0.1) is 13.6 Å². The molecular formula is C12H16NO2+. The van der Waals surface area contributed by atoms with Crippen molar-refractivity contribution in [3.8, 4) is 0 Å². The number of amides is 1. The number of hydrogen-bond acceptors (Lipinski definition) is 1. The second-order valence-corrected chi connectivity index (χ2v) is 4.28. The van der Waals surface area contributed by atoms with Gasteiger partial charge in [0.15, 0.2) is 0 Å². The number of hydrogen-bond donors (Lipinski definition) is 1. The first-order valence-corrected chi connectivity index (χ1v) is 5.32. The van der Waals surface area contributed by atoms with Crippen molar-refractivity contribution in [3.63, 3.8) is 0 Å². The van der Waals surface area contributed by atoms with Gasteiger partial charge in [-0.2, -0.15) is 9.28 Å². The van der Waals surface area contributed by atoms with Crippen molar-refractivity contribution in [2.75, 3.05) is 13.6 Å². The fourth-order valence-corrected chi connectivity index (χ4v) is 2.27. The molecule has 1 amide bonds. The lowest BCUT2D eigenvalue weighted by atomic mass is 10.1. The third-order valence-corrected chi connectivity index (χ3v) is 3.25. The number of nitrogens with zero attached hydrogens (tertiary/aromatic N) is 1. The first-order chi connectivity index (χ1) is 7.14. The summed E-state index contributed by atoms with van der Waals surface area (Å²) in [5.41, 5.74) is 2.13. The van der Waals surface area contributed by atoms with Crippen molar-refractivity contribution in [2.24, 2.45) is 0 Å². The average molecular weight is 206 g/mol. The SMILES string of the molecule is C[N+]1(C(=O)O)CCCCc2ccccc21. The molecule has 1 unspecified atom stereocenters. The van der Waals surface area contributed by atoms with Crippen LogP contribution in [-0.2, 0) is 6.42 Å². The molecule has 15 heavy (non-hydrogen) atoms. The van der Waals surface area contributed by atoms with Crippen LogP contribution in [-0.4, -0.2) is 24.8 Å². The molecule has 1 aromatic rings. The monoisotopic (exact) mass is 206 g/mol. The Hall–Kier alpha value is -1.35. The zero-order valence-electron chi connectivity index (χ0n) is 8.94. The van der Waals surface area contributed by atoms with Gasteiger partial charge in [0.2, 0.25) is 0 Å². The van der Waals surface area contributed by atoms with E-state index in [-0.39, 0.29) is 4.48 Å². The summed E-state index contributed by atoms with van der Waals surface area (Å²) in [6.45, 7) is 0.687. The second-order valence-electron chi connectivity index (χ2n) is 4.28. The Balaban J connectivity index is 2.55. The molecule has 0 radical (unpaired) electrons. The molecule has 1 heterocycles. The van der Waals surface area contributed by atoms with E-state index in [1.54, 1.807) is 7.05 Å². The van der Waals surface area contributed by atoms with Crippen molar-refractivity contribution in [2.45, 2.75) is 19.3 Å². The number of para-hydroxylation sites is 1. The summed E-state index contributed by atoms with van der Waals surface area (Å²) in [6.07, 6.45) is 2.29. The molecular weight excluding hydrogens is 190 g/mol. The Bertz CT molecular complexity index is 389. The minimum Gasteiger partial charge on any atom is -0.435 e. The standard InChI is InChI=1S/C12H15NO2/c1-13(12(14)15)9-5-4-7-10-6-2-3-8-11(10)13/h2-3,6,8H,4-5,7,9H2,1H3/p+1. The van der Waals surface area contributed by atoms with Gasteiger partial charge in [-0.05, 0) is 19.3 Å². The summed E-state index contributed by atoms with van der Waals surface area (Å²) in [5, 5.41) is 9.34. The van der Waals surface area contributed by atoms with Crippen molar-refractivity contribution >= 4 is 11.8 Å². The quantitative estimate of drug-likeness (QED) is 0.662. The van der Waals surface area contributed by atoms with Crippen LogP contribution in [0.5, 0.6) is 0 Å². The predicted octanol–water partition coefficient (Wildman–Crippen LogP) is 2.64. The predicted molar refractivity (Wildman–Crippen MR) is 60.0 cm³/mol. The van der Waals surface area contributed by atoms with Gasteiger partial charge in [0.25, 0.3) is 0 Å². The smallest absolute Gasteiger partial charge is 0.435 e. The van der Waals surface area contributed by atoms with Crippen LogP contribution in [0.25, 0.3) is 0 Å². The number of rotatable bonds is 0. The highest BCUT2D eigenvalue weighted by Gasteiger charge is 2.37. The maximum atomic E-state index is 11.4. The van der Waals surface area contributed by atoms with Crippen LogP contribution in [0.15, 0.2) is 24.3 Å². The minimum absolute atomic E-state index is 0.0240. The number of benzene rings is 1. The highest BCUT2D eigenvalue weighted by atomic mass is 16.4. The van der Waals surface area contributed by atoms with E-state index in [4.69, 9.17) is 0 Å². The van der Waals surface area contributed by atoms with Gasteiger partial charge in [0, 0.05) is 11.6 Å². The molecule has 0 saturated heterocycles. The summed E-state index contributed by atoms with van der Waals surface area (Å²) in [5.74, 6) is 0. The Morgan fingerprint density at radius 2 is 2.07 bits per heavy atom. The summed E-state index contributed by atoms with van der Waals surface area (Å²) >= 11 is 0. The van der Waals surface area contributed by atoms with E-state index in [1.165, 1.54) is 5.56 Å². The number of carbonyl (C=O) groups is 1. The lowest BCUT2D eigenvalue weighted by Gasteiger charge is -2.27. The van der Waals surface area contributed by atoms with Gasteiger partial charge in [-0.25, -0.2) is 0 Å². The molecule has 1 aliphatic rings. The van der Waals surface area contributed by atoms with E-state index < -0.39 is 6.09 Å². The highest BCUT2D eigenvalue weighted by molar-refractivity contribution is 5.81. The normalized spacial score (nSPS) is 25.4. The molecule has 0 bridgehead atoms. The molecule has 0 spiro atoms. The van der Waals surface area contributed by atoms with Crippen LogP contribution in [0.1, 0.15) is 18.4 Å². The highest BCUT2D eigenvalue weighted by Crippen LogP contribution is 2.30. The first kappa shape index (κ1) is 10.2. The summed E-state index contributed by atoms with van der Waals surface area (Å²) < 4.78 is 0.0240. The van der Waals surface area contributed by atoms with Crippen molar-refractivity contribution in [1.82, 2.24) is 4.48 Å². The van der Waals surface area contributed by atoms with Crippen LogP contribution in [0.2, 0.25) is 0 Å². The minimum atomic E-state index is -0.760. The number of aryl methyl sites for hydroxylation is 1. The van der Waals surface area contributed by atoms with Crippen molar-refractivity contribution in [1.29, 1.82) is 0 Å². The fraction of sp³-hybridized carbons (Fsp3) is 0.417. The van der Waals surface area contributed by atoms with Gasteiger partial charge in [-0.3, -0.25) is 0 Å². The van der Waals surface area contributed by atoms with Crippen LogP contribution in [0.4, 0.5) is 10.5 Å². The molecule has 0 fully saturated rings. The molecule has 1 N–H and O–H groups in total. The van der Waals surface area contributed by atoms with E-state index in [0.717, 1.165) is 24.9 Å². The van der Waals surface area contributed by atoms with Crippen LogP contribution in [0, 0.1) is 0 Å². The van der Waals surface area contributed by atoms with Gasteiger partial charge >= 0.3 is 6.09 Å². The second kappa shape index (κ2) is 3.66. The Kier molecular flexibility index (Phi) is 2.49. The number of quaternary nitrogens is 1. The maximum Gasteiger partial charge on any atom is 0.518 e. The molecule has 3 nitrogen and oxygen atoms in total. The molecule has 1 aromatic carbocycles. The molecule has 0 aromatic heterocycles. The van der Waals surface area contributed by atoms with E-state index in [1.807, 2.05) is 24.3 Å². The third-order valence-electron chi connectivity index (χ3n) is 3.25. The van der Waals surface area contributed by atoms with E-state index >= 15 is 0 Å². The van der Waals surface area contributed by atoms with E-state index in [9.17, 15) is 9.90 Å². The summed E-state index contributed by atoms with van der Waals surface area (Å²) in [4.78, 5) is 11.4. The molecule has 80 valence electrons. The van der Waals surface area contributed by atoms with E-state index in [2.05, 4.69) is 0 Å². The zero-order valence-corrected chi connectivity index (χ0v) is 8.94. The van der Waals surface area contributed by atoms with Crippen molar-refractivity contribution < 1.29 is 9.90 Å². The maximum absolute atomic E-state index is 11.4. The Morgan fingerprint density at radius 3 is 2.80 bits per heavy atom.